The van der Waals surface area contributed by atoms with Crippen molar-refractivity contribution in [2.45, 2.75) is 25.8 Å². The van der Waals surface area contributed by atoms with E-state index in [1.54, 1.807) is 7.11 Å². The highest BCUT2D eigenvalue weighted by Gasteiger charge is 2.09. The Balaban J connectivity index is 2.33. The quantitative estimate of drug-likeness (QED) is 0.689. The standard InChI is InChI=1S/C15H23ClN2O2/c1-3-14(12-5-4-6-13(16)11-12)17-8-7-15(19)18-9-10-20-2/h4-6,11,14,17H,3,7-10H2,1-2H3,(H,18,19). The first-order chi connectivity index (χ1) is 9.67. The highest BCUT2D eigenvalue weighted by molar-refractivity contribution is 6.30. The van der Waals surface area contributed by atoms with Crippen LogP contribution >= 0.6 is 11.6 Å². The fourth-order valence-corrected chi connectivity index (χ4v) is 2.16. The molecule has 1 amide bonds. The fraction of sp³-hybridized carbons (Fsp3) is 0.533. The molecule has 1 aromatic rings. The van der Waals surface area contributed by atoms with Crippen molar-refractivity contribution >= 4 is 17.5 Å². The van der Waals surface area contributed by atoms with Crippen molar-refractivity contribution in [3.63, 3.8) is 0 Å². The number of halogens is 1. The number of ether oxygens (including phenoxy) is 1. The number of nitrogens with one attached hydrogen (secondary N) is 2. The molecule has 5 heteroatoms. The molecule has 0 heterocycles. The molecule has 1 unspecified atom stereocenters. The van der Waals surface area contributed by atoms with Gasteiger partial charge < -0.3 is 15.4 Å². The largest absolute Gasteiger partial charge is 0.383 e. The molecule has 0 saturated heterocycles. The number of carbonyl (C=O) groups is 1. The van der Waals surface area contributed by atoms with Crippen molar-refractivity contribution in [1.29, 1.82) is 0 Å². The molecule has 0 aliphatic rings. The van der Waals surface area contributed by atoms with Crippen LogP contribution in [0.25, 0.3) is 0 Å². The second-order valence-electron chi connectivity index (χ2n) is 4.56. The van der Waals surface area contributed by atoms with Crippen molar-refractivity contribution in [2.24, 2.45) is 0 Å². The third-order valence-electron chi connectivity index (χ3n) is 3.03. The van der Waals surface area contributed by atoms with Gasteiger partial charge in [-0.1, -0.05) is 30.7 Å². The van der Waals surface area contributed by atoms with Gasteiger partial charge in [0.25, 0.3) is 0 Å². The summed E-state index contributed by atoms with van der Waals surface area (Å²) in [7, 11) is 1.62. The van der Waals surface area contributed by atoms with E-state index in [1.165, 1.54) is 0 Å². The number of benzene rings is 1. The minimum Gasteiger partial charge on any atom is -0.383 e. The maximum Gasteiger partial charge on any atom is 0.221 e. The van der Waals surface area contributed by atoms with Crippen LogP contribution in [0.2, 0.25) is 5.02 Å². The van der Waals surface area contributed by atoms with Crippen LogP contribution < -0.4 is 10.6 Å². The van der Waals surface area contributed by atoms with Crippen LogP contribution in [0.4, 0.5) is 0 Å². The highest BCUT2D eigenvalue weighted by Crippen LogP contribution is 2.20. The second-order valence-corrected chi connectivity index (χ2v) is 5.00. The lowest BCUT2D eigenvalue weighted by atomic mass is 10.0. The summed E-state index contributed by atoms with van der Waals surface area (Å²) in [4.78, 5) is 11.6. The molecule has 0 aromatic heterocycles. The molecule has 4 nitrogen and oxygen atoms in total. The number of carbonyl (C=O) groups excluding carboxylic acids is 1. The van der Waals surface area contributed by atoms with E-state index in [0.717, 1.165) is 17.0 Å². The van der Waals surface area contributed by atoms with E-state index in [1.807, 2.05) is 24.3 Å². The lowest BCUT2D eigenvalue weighted by molar-refractivity contribution is -0.121. The third-order valence-corrected chi connectivity index (χ3v) is 3.27. The van der Waals surface area contributed by atoms with Gasteiger partial charge in [0.05, 0.1) is 6.61 Å². The third kappa shape index (κ3) is 6.37. The Bertz CT molecular complexity index is 413. The smallest absolute Gasteiger partial charge is 0.221 e. The molecule has 1 aromatic carbocycles. The molecular formula is C15H23ClN2O2. The monoisotopic (exact) mass is 298 g/mol. The van der Waals surface area contributed by atoms with Crippen LogP contribution in [0.15, 0.2) is 24.3 Å². The zero-order valence-corrected chi connectivity index (χ0v) is 12.9. The van der Waals surface area contributed by atoms with E-state index in [9.17, 15) is 4.79 Å². The Morgan fingerprint density at radius 1 is 1.40 bits per heavy atom. The van der Waals surface area contributed by atoms with Crippen molar-refractivity contribution in [3.8, 4) is 0 Å². The van der Waals surface area contributed by atoms with E-state index in [-0.39, 0.29) is 11.9 Å². The van der Waals surface area contributed by atoms with Gasteiger partial charge in [-0.15, -0.1) is 0 Å². The van der Waals surface area contributed by atoms with E-state index in [0.29, 0.717) is 26.1 Å². The van der Waals surface area contributed by atoms with Crippen molar-refractivity contribution < 1.29 is 9.53 Å². The maximum absolute atomic E-state index is 11.6. The molecule has 0 radical (unpaired) electrons. The van der Waals surface area contributed by atoms with Crippen molar-refractivity contribution in [2.75, 3.05) is 26.8 Å². The topological polar surface area (TPSA) is 50.4 Å². The summed E-state index contributed by atoms with van der Waals surface area (Å²) in [6, 6.07) is 8.04. The number of methoxy groups -OCH3 is 1. The molecule has 0 aliphatic carbocycles. The van der Waals surface area contributed by atoms with Gasteiger partial charge in [0.2, 0.25) is 5.91 Å². The summed E-state index contributed by atoms with van der Waals surface area (Å²) in [6.45, 7) is 3.85. The van der Waals surface area contributed by atoms with Crippen LogP contribution in [0.3, 0.4) is 0 Å². The molecule has 0 fully saturated rings. The zero-order chi connectivity index (χ0) is 14.8. The molecule has 20 heavy (non-hydrogen) atoms. The minimum atomic E-state index is 0.0375. The highest BCUT2D eigenvalue weighted by atomic mass is 35.5. The molecule has 1 rings (SSSR count). The molecule has 1 atom stereocenters. The number of rotatable bonds is 9. The number of hydrogen-bond donors (Lipinski definition) is 2. The van der Waals surface area contributed by atoms with Gasteiger partial charge in [0.1, 0.15) is 0 Å². The Kier molecular flexibility index (Phi) is 8.26. The Hall–Kier alpha value is -1.10. The van der Waals surface area contributed by atoms with E-state index >= 15 is 0 Å². The summed E-state index contributed by atoms with van der Waals surface area (Å²) in [5, 5.41) is 6.92. The Labute approximate surface area is 125 Å². The predicted octanol–water partition coefficient (Wildman–Crippen LogP) is 2.53. The van der Waals surface area contributed by atoms with E-state index in [4.69, 9.17) is 16.3 Å². The Morgan fingerprint density at radius 3 is 2.85 bits per heavy atom. The van der Waals surface area contributed by atoms with Gasteiger partial charge >= 0.3 is 0 Å². The molecule has 0 bridgehead atoms. The second kappa shape index (κ2) is 9.75. The SMILES string of the molecule is CCC(NCCC(=O)NCCOC)c1cccc(Cl)c1. The van der Waals surface area contributed by atoms with E-state index < -0.39 is 0 Å². The first-order valence-corrected chi connectivity index (χ1v) is 7.29. The van der Waals surface area contributed by atoms with Crippen LogP contribution in [-0.2, 0) is 9.53 Å². The van der Waals surface area contributed by atoms with Gasteiger partial charge in [-0.2, -0.15) is 0 Å². The summed E-state index contributed by atoms with van der Waals surface area (Å²) in [6.07, 6.45) is 1.41. The van der Waals surface area contributed by atoms with Crippen LogP contribution in [0.5, 0.6) is 0 Å². The number of amides is 1. The average Bonchev–Trinajstić information content (AvgIpc) is 2.44. The van der Waals surface area contributed by atoms with Gasteiger partial charge in [-0.05, 0) is 24.1 Å². The minimum absolute atomic E-state index is 0.0375. The fourth-order valence-electron chi connectivity index (χ4n) is 1.96. The molecule has 0 aliphatic heterocycles. The average molecular weight is 299 g/mol. The lowest BCUT2D eigenvalue weighted by Crippen LogP contribution is -2.31. The van der Waals surface area contributed by atoms with Crippen molar-refractivity contribution in [1.82, 2.24) is 10.6 Å². The molecule has 112 valence electrons. The van der Waals surface area contributed by atoms with Crippen LogP contribution in [0, 0.1) is 0 Å². The molecular weight excluding hydrogens is 276 g/mol. The number of hydrogen-bond acceptors (Lipinski definition) is 3. The molecule has 0 saturated carbocycles. The summed E-state index contributed by atoms with van der Waals surface area (Å²) in [5.41, 5.74) is 1.15. The van der Waals surface area contributed by atoms with Crippen molar-refractivity contribution in [3.05, 3.63) is 34.9 Å². The van der Waals surface area contributed by atoms with Crippen LogP contribution in [0.1, 0.15) is 31.4 Å². The summed E-state index contributed by atoms with van der Waals surface area (Å²) < 4.78 is 4.88. The first kappa shape index (κ1) is 17.0. The van der Waals surface area contributed by atoms with Gasteiger partial charge in [-0.3, -0.25) is 4.79 Å². The zero-order valence-electron chi connectivity index (χ0n) is 12.1. The van der Waals surface area contributed by atoms with Gasteiger partial charge in [0, 0.05) is 37.7 Å². The lowest BCUT2D eigenvalue weighted by Gasteiger charge is -2.17. The Morgan fingerprint density at radius 2 is 2.20 bits per heavy atom. The molecule has 0 spiro atoms. The normalized spacial score (nSPS) is 12.2. The summed E-state index contributed by atoms with van der Waals surface area (Å²) >= 11 is 6.00. The predicted molar refractivity (Wildman–Crippen MR) is 82.0 cm³/mol. The van der Waals surface area contributed by atoms with E-state index in [2.05, 4.69) is 17.6 Å². The van der Waals surface area contributed by atoms with Gasteiger partial charge in [0.15, 0.2) is 0 Å². The summed E-state index contributed by atoms with van der Waals surface area (Å²) in [5.74, 6) is 0.0375. The van der Waals surface area contributed by atoms with Gasteiger partial charge in [-0.25, -0.2) is 0 Å². The molecule has 2 N–H and O–H groups in total. The maximum atomic E-state index is 11.6. The van der Waals surface area contributed by atoms with Crippen LogP contribution in [-0.4, -0.2) is 32.7 Å². The first-order valence-electron chi connectivity index (χ1n) is 6.91.